The Kier molecular flexibility index (Phi) is 4.54. The van der Waals surface area contributed by atoms with Crippen molar-refractivity contribution < 1.29 is 9.21 Å². The third-order valence-corrected chi connectivity index (χ3v) is 3.34. The number of nitrogens with zero attached hydrogens (tertiary/aromatic N) is 1. The highest BCUT2D eigenvalue weighted by Gasteiger charge is 2.03. The van der Waals surface area contributed by atoms with Crippen LogP contribution in [-0.2, 0) is 4.79 Å². The topological polar surface area (TPSA) is 55.1 Å². The summed E-state index contributed by atoms with van der Waals surface area (Å²) in [7, 11) is 0. The van der Waals surface area contributed by atoms with E-state index in [1.807, 2.05) is 18.2 Å². The first-order valence-electron chi connectivity index (χ1n) is 6.95. The molecule has 2 heterocycles. The molecule has 114 valence electrons. The van der Waals surface area contributed by atoms with Crippen molar-refractivity contribution in [3.63, 3.8) is 0 Å². The average molecular weight is 325 g/mol. The van der Waals surface area contributed by atoms with Crippen molar-refractivity contribution in [3.8, 4) is 11.3 Å². The second-order valence-corrected chi connectivity index (χ2v) is 5.21. The number of rotatable bonds is 4. The first kappa shape index (κ1) is 15.1. The van der Waals surface area contributed by atoms with Crippen molar-refractivity contribution in [1.82, 2.24) is 4.98 Å². The summed E-state index contributed by atoms with van der Waals surface area (Å²) in [6, 6.07) is 14.5. The maximum absolute atomic E-state index is 11.8. The molecule has 0 atom stereocenters. The summed E-state index contributed by atoms with van der Waals surface area (Å²) < 4.78 is 5.69. The van der Waals surface area contributed by atoms with Gasteiger partial charge in [-0.15, -0.1) is 0 Å². The maximum Gasteiger partial charge on any atom is 0.248 e. The second-order valence-electron chi connectivity index (χ2n) is 4.77. The molecular weight excluding hydrogens is 312 g/mol. The molecule has 0 spiro atoms. The van der Waals surface area contributed by atoms with Crippen molar-refractivity contribution in [1.29, 1.82) is 0 Å². The fourth-order valence-corrected chi connectivity index (χ4v) is 2.12. The van der Waals surface area contributed by atoms with Gasteiger partial charge in [0.25, 0.3) is 0 Å². The Balaban J connectivity index is 1.66. The molecule has 0 saturated heterocycles. The smallest absolute Gasteiger partial charge is 0.248 e. The van der Waals surface area contributed by atoms with Crippen LogP contribution in [0.15, 0.2) is 71.4 Å². The lowest BCUT2D eigenvalue weighted by molar-refractivity contribution is -0.111. The van der Waals surface area contributed by atoms with Crippen molar-refractivity contribution in [3.05, 3.63) is 77.8 Å². The van der Waals surface area contributed by atoms with E-state index in [-0.39, 0.29) is 5.91 Å². The monoisotopic (exact) mass is 324 g/mol. The second kappa shape index (κ2) is 6.94. The Hall–Kier alpha value is -2.85. The molecule has 0 fully saturated rings. The first-order chi connectivity index (χ1) is 11.2. The van der Waals surface area contributed by atoms with Crippen molar-refractivity contribution >= 4 is 29.3 Å². The van der Waals surface area contributed by atoms with E-state index < -0.39 is 0 Å². The van der Waals surface area contributed by atoms with Crippen molar-refractivity contribution in [2.75, 3.05) is 5.32 Å². The number of benzene rings is 1. The number of pyridine rings is 1. The normalized spacial score (nSPS) is 10.8. The third kappa shape index (κ3) is 4.08. The van der Waals surface area contributed by atoms with E-state index in [9.17, 15) is 4.79 Å². The van der Waals surface area contributed by atoms with E-state index in [2.05, 4.69) is 10.3 Å². The highest BCUT2D eigenvalue weighted by atomic mass is 35.5. The molecule has 0 unspecified atom stereocenters. The molecule has 3 rings (SSSR count). The minimum absolute atomic E-state index is 0.248. The summed E-state index contributed by atoms with van der Waals surface area (Å²) in [5, 5.41) is 3.39. The molecule has 1 N–H and O–H groups in total. The van der Waals surface area contributed by atoms with E-state index in [4.69, 9.17) is 16.0 Å². The van der Waals surface area contributed by atoms with Gasteiger partial charge in [-0.1, -0.05) is 11.6 Å². The lowest BCUT2D eigenvalue weighted by atomic mass is 10.2. The van der Waals surface area contributed by atoms with Crippen LogP contribution < -0.4 is 5.32 Å². The quantitative estimate of drug-likeness (QED) is 0.711. The fraction of sp³-hybridized carbons (Fsp3) is 0. The summed E-state index contributed by atoms with van der Waals surface area (Å²) in [5.41, 5.74) is 1.57. The van der Waals surface area contributed by atoms with Gasteiger partial charge in [0.1, 0.15) is 11.5 Å². The summed E-state index contributed by atoms with van der Waals surface area (Å²) in [6.45, 7) is 0. The predicted octanol–water partition coefficient (Wildman–Crippen LogP) is 4.65. The molecule has 0 radical (unpaired) electrons. The number of hydrogen-bond donors (Lipinski definition) is 1. The number of aromatic nitrogens is 1. The van der Waals surface area contributed by atoms with Crippen LogP contribution in [0.2, 0.25) is 5.02 Å². The standard InChI is InChI=1S/C18H13ClN2O2/c19-14-5-3-13(4-6-14)17-9-7-16(23-17)8-10-18(22)21-15-2-1-11-20-12-15/h1-12H,(H,21,22)/b10-8+. The van der Waals surface area contributed by atoms with Crippen LogP contribution in [0.25, 0.3) is 17.4 Å². The van der Waals surface area contributed by atoms with E-state index >= 15 is 0 Å². The zero-order chi connectivity index (χ0) is 16.1. The van der Waals surface area contributed by atoms with Crippen LogP contribution in [-0.4, -0.2) is 10.9 Å². The van der Waals surface area contributed by atoms with Gasteiger partial charge in [0.15, 0.2) is 0 Å². The molecule has 5 heteroatoms. The molecule has 3 aromatic rings. The Morgan fingerprint density at radius 3 is 2.70 bits per heavy atom. The van der Waals surface area contributed by atoms with Gasteiger partial charge in [-0.05, 0) is 54.6 Å². The zero-order valence-electron chi connectivity index (χ0n) is 12.1. The summed E-state index contributed by atoms with van der Waals surface area (Å²) in [5.74, 6) is 1.06. The Bertz CT molecular complexity index is 824. The molecule has 4 nitrogen and oxygen atoms in total. The molecule has 23 heavy (non-hydrogen) atoms. The number of amides is 1. The van der Waals surface area contributed by atoms with E-state index in [0.717, 1.165) is 5.56 Å². The number of hydrogen-bond acceptors (Lipinski definition) is 3. The van der Waals surface area contributed by atoms with Gasteiger partial charge >= 0.3 is 0 Å². The average Bonchev–Trinajstić information content (AvgIpc) is 3.04. The lowest BCUT2D eigenvalue weighted by Crippen LogP contribution is -2.07. The highest BCUT2D eigenvalue weighted by Crippen LogP contribution is 2.24. The molecule has 0 aliphatic rings. The number of carbonyl (C=O) groups excluding carboxylic acids is 1. The number of nitrogens with one attached hydrogen (secondary N) is 1. The number of furan rings is 1. The van der Waals surface area contributed by atoms with E-state index in [1.165, 1.54) is 6.08 Å². The van der Waals surface area contributed by atoms with Crippen LogP contribution in [0.3, 0.4) is 0 Å². The molecule has 1 amide bonds. The molecule has 0 aliphatic carbocycles. The van der Waals surface area contributed by atoms with Crippen LogP contribution in [0.5, 0.6) is 0 Å². The molecule has 0 saturated carbocycles. The summed E-state index contributed by atoms with van der Waals surface area (Å²) in [4.78, 5) is 15.8. The Labute approximate surface area is 138 Å². The maximum atomic E-state index is 11.8. The van der Waals surface area contributed by atoms with Crippen LogP contribution >= 0.6 is 11.6 Å². The minimum atomic E-state index is -0.248. The van der Waals surface area contributed by atoms with Gasteiger partial charge in [-0.3, -0.25) is 9.78 Å². The predicted molar refractivity (Wildman–Crippen MR) is 91.1 cm³/mol. The van der Waals surface area contributed by atoms with Gasteiger partial charge in [0.05, 0.1) is 11.9 Å². The first-order valence-corrected chi connectivity index (χ1v) is 7.33. The highest BCUT2D eigenvalue weighted by molar-refractivity contribution is 6.30. The SMILES string of the molecule is O=C(/C=C/c1ccc(-c2ccc(Cl)cc2)o1)Nc1cccnc1. The summed E-state index contributed by atoms with van der Waals surface area (Å²) >= 11 is 5.86. The van der Waals surface area contributed by atoms with E-state index in [0.29, 0.717) is 22.2 Å². The number of anilines is 1. The molecule has 2 aromatic heterocycles. The third-order valence-electron chi connectivity index (χ3n) is 3.08. The Morgan fingerprint density at radius 1 is 1.13 bits per heavy atom. The minimum Gasteiger partial charge on any atom is -0.457 e. The van der Waals surface area contributed by atoms with Gasteiger partial charge < -0.3 is 9.73 Å². The van der Waals surface area contributed by atoms with Crippen molar-refractivity contribution in [2.24, 2.45) is 0 Å². The lowest BCUT2D eigenvalue weighted by Gasteiger charge is -1.99. The molecular formula is C18H13ClN2O2. The molecule has 0 bridgehead atoms. The molecule has 0 aliphatic heterocycles. The number of halogens is 1. The van der Waals surface area contributed by atoms with Gasteiger partial charge in [-0.2, -0.15) is 0 Å². The van der Waals surface area contributed by atoms with Gasteiger partial charge in [0, 0.05) is 22.9 Å². The van der Waals surface area contributed by atoms with Crippen molar-refractivity contribution in [2.45, 2.75) is 0 Å². The van der Waals surface area contributed by atoms with Crippen LogP contribution in [0, 0.1) is 0 Å². The van der Waals surface area contributed by atoms with Gasteiger partial charge in [-0.25, -0.2) is 0 Å². The largest absolute Gasteiger partial charge is 0.457 e. The number of carbonyl (C=O) groups is 1. The zero-order valence-corrected chi connectivity index (χ0v) is 12.8. The van der Waals surface area contributed by atoms with Crippen LogP contribution in [0.4, 0.5) is 5.69 Å². The van der Waals surface area contributed by atoms with Crippen LogP contribution in [0.1, 0.15) is 5.76 Å². The molecule has 1 aromatic carbocycles. The Morgan fingerprint density at radius 2 is 1.96 bits per heavy atom. The van der Waals surface area contributed by atoms with E-state index in [1.54, 1.807) is 48.8 Å². The summed E-state index contributed by atoms with van der Waals surface area (Å²) in [6.07, 6.45) is 6.26. The fourth-order valence-electron chi connectivity index (χ4n) is 1.99. The van der Waals surface area contributed by atoms with Gasteiger partial charge in [0.2, 0.25) is 5.91 Å².